The minimum atomic E-state index is -0.539. The van der Waals surface area contributed by atoms with Gasteiger partial charge in [0.15, 0.2) is 11.6 Å². The third-order valence-corrected chi connectivity index (χ3v) is 4.33. The Bertz CT molecular complexity index is 1110. The highest BCUT2D eigenvalue weighted by atomic mass is 35.5. The number of fused-ring (bicyclic) bond motifs is 1. The monoisotopic (exact) mass is 395 g/mol. The van der Waals surface area contributed by atoms with Gasteiger partial charge < -0.3 is 9.72 Å². The first-order chi connectivity index (χ1) is 13.5. The summed E-state index contributed by atoms with van der Waals surface area (Å²) < 4.78 is 5.36. The first kappa shape index (κ1) is 19.6. The first-order valence-corrected chi connectivity index (χ1v) is 9.13. The number of carbonyl (C=O) groups is 2. The molecule has 1 aromatic heterocycles. The molecular formula is C22H18ClNO4. The number of rotatable bonds is 7. The van der Waals surface area contributed by atoms with E-state index in [0.717, 1.165) is 11.3 Å². The summed E-state index contributed by atoms with van der Waals surface area (Å²) in [4.78, 5) is 39.3. The summed E-state index contributed by atoms with van der Waals surface area (Å²) in [7, 11) is 0. The lowest BCUT2D eigenvalue weighted by Gasteiger charge is -2.03. The van der Waals surface area contributed by atoms with Gasteiger partial charge in [-0.1, -0.05) is 35.9 Å². The number of aromatic nitrogens is 1. The summed E-state index contributed by atoms with van der Waals surface area (Å²) in [5, 5.41) is 1.15. The third kappa shape index (κ3) is 4.75. The lowest BCUT2D eigenvalue weighted by atomic mass is 10.0. The Morgan fingerprint density at radius 3 is 2.57 bits per heavy atom. The van der Waals surface area contributed by atoms with Crippen LogP contribution in [0.4, 0.5) is 0 Å². The van der Waals surface area contributed by atoms with Gasteiger partial charge in [-0.25, -0.2) is 0 Å². The molecule has 5 nitrogen and oxygen atoms in total. The molecule has 3 aromatic rings. The van der Waals surface area contributed by atoms with Crippen LogP contribution in [0.2, 0.25) is 5.02 Å². The van der Waals surface area contributed by atoms with Gasteiger partial charge in [0.25, 0.3) is 5.56 Å². The molecule has 28 heavy (non-hydrogen) atoms. The zero-order chi connectivity index (χ0) is 20.1. The lowest BCUT2D eigenvalue weighted by Crippen LogP contribution is -2.19. The number of H-pyrrole nitrogens is 1. The molecule has 142 valence electrons. The number of Topliss-reactive ketones (excluding diaryl/α,β-unsaturated/α-hetero) is 1. The van der Waals surface area contributed by atoms with E-state index < -0.39 is 11.3 Å². The average Bonchev–Trinajstić information content (AvgIpc) is 2.67. The number of nitrogens with one attached hydrogen (secondary N) is 1. The van der Waals surface area contributed by atoms with Gasteiger partial charge in [0.05, 0.1) is 18.6 Å². The maximum atomic E-state index is 12.4. The molecule has 0 saturated heterocycles. The second-order valence-electron chi connectivity index (χ2n) is 6.15. The molecule has 0 bridgehead atoms. The van der Waals surface area contributed by atoms with Gasteiger partial charge in [-0.2, -0.15) is 0 Å². The second-order valence-corrected chi connectivity index (χ2v) is 6.58. The summed E-state index contributed by atoms with van der Waals surface area (Å²) in [5.41, 5.74) is 0.765. The highest BCUT2D eigenvalue weighted by Crippen LogP contribution is 2.18. The van der Waals surface area contributed by atoms with Crippen molar-refractivity contribution in [2.45, 2.75) is 13.3 Å². The van der Waals surface area contributed by atoms with Gasteiger partial charge >= 0.3 is 0 Å². The molecule has 0 unspecified atom stereocenters. The molecule has 6 heteroatoms. The molecule has 1 N–H and O–H groups in total. The fourth-order valence-corrected chi connectivity index (χ4v) is 2.90. The third-order valence-electron chi connectivity index (χ3n) is 4.10. The molecule has 0 radical (unpaired) electrons. The van der Waals surface area contributed by atoms with Crippen molar-refractivity contribution in [3.05, 3.63) is 81.1 Å². The maximum Gasteiger partial charge on any atom is 0.259 e. The van der Waals surface area contributed by atoms with Crippen molar-refractivity contribution in [3.63, 3.8) is 0 Å². The van der Waals surface area contributed by atoms with E-state index in [0.29, 0.717) is 22.5 Å². The number of ketones is 2. The first-order valence-electron chi connectivity index (χ1n) is 8.76. The summed E-state index contributed by atoms with van der Waals surface area (Å²) >= 11 is 5.90. The Labute approximate surface area is 166 Å². The molecule has 0 saturated carbocycles. The number of ether oxygens (including phenoxy) is 1. The van der Waals surface area contributed by atoms with Gasteiger partial charge in [-0.05, 0) is 54.3 Å². The molecular weight excluding hydrogens is 378 g/mol. The molecule has 2 aromatic carbocycles. The zero-order valence-corrected chi connectivity index (χ0v) is 16.0. The van der Waals surface area contributed by atoms with Gasteiger partial charge in [0.2, 0.25) is 0 Å². The van der Waals surface area contributed by atoms with Crippen molar-refractivity contribution >= 4 is 40.1 Å². The lowest BCUT2D eigenvalue weighted by molar-refractivity contribution is -0.113. The number of allylic oxidation sites excluding steroid dienone is 1. The Morgan fingerprint density at radius 2 is 1.86 bits per heavy atom. The number of aromatic amines is 1. The Morgan fingerprint density at radius 1 is 1.11 bits per heavy atom. The highest BCUT2D eigenvalue weighted by molar-refractivity contribution is 6.31. The summed E-state index contributed by atoms with van der Waals surface area (Å²) in [6.07, 6.45) is 2.58. The van der Waals surface area contributed by atoms with Crippen LogP contribution in [0.15, 0.2) is 59.4 Å². The van der Waals surface area contributed by atoms with Gasteiger partial charge in [0, 0.05) is 10.5 Å². The maximum absolute atomic E-state index is 12.4. The zero-order valence-electron chi connectivity index (χ0n) is 15.2. The van der Waals surface area contributed by atoms with Crippen LogP contribution in [-0.2, 0) is 4.79 Å². The van der Waals surface area contributed by atoms with E-state index in [-0.39, 0.29) is 17.8 Å². The smallest absolute Gasteiger partial charge is 0.259 e. The predicted molar refractivity (Wildman–Crippen MR) is 110 cm³/mol. The Balaban J connectivity index is 1.71. The highest BCUT2D eigenvalue weighted by Gasteiger charge is 2.15. The van der Waals surface area contributed by atoms with Crippen LogP contribution in [-0.4, -0.2) is 23.2 Å². The van der Waals surface area contributed by atoms with Crippen molar-refractivity contribution in [1.82, 2.24) is 4.98 Å². The van der Waals surface area contributed by atoms with Crippen LogP contribution in [0.25, 0.3) is 17.0 Å². The van der Waals surface area contributed by atoms with E-state index in [2.05, 4.69) is 4.98 Å². The van der Waals surface area contributed by atoms with Crippen LogP contribution in [0, 0.1) is 0 Å². The Kier molecular flexibility index (Phi) is 6.06. The number of hydrogen-bond donors (Lipinski definition) is 1. The average molecular weight is 396 g/mol. The molecule has 0 aliphatic heterocycles. The van der Waals surface area contributed by atoms with Crippen molar-refractivity contribution < 1.29 is 14.3 Å². The van der Waals surface area contributed by atoms with E-state index in [4.69, 9.17) is 16.3 Å². The van der Waals surface area contributed by atoms with Crippen LogP contribution >= 0.6 is 11.6 Å². The molecule has 1 heterocycles. The summed E-state index contributed by atoms with van der Waals surface area (Å²) in [5.74, 6) is -0.160. The van der Waals surface area contributed by atoms with Crippen LogP contribution in [0.5, 0.6) is 5.75 Å². The standard InChI is InChI=1S/C22H18ClNO4/c1-2-28-18-9-4-14(5-10-18)3-8-17(25)13-21(26)19-11-15-6-7-16(23)12-20(15)24-22(19)27/h3-12H,2,13H2,1H3,(H,24,27). The van der Waals surface area contributed by atoms with Crippen LogP contribution in [0.1, 0.15) is 29.3 Å². The van der Waals surface area contributed by atoms with Gasteiger partial charge in [-0.15, -0.1) is 0 Å². The van der Waals surface area contributed by atoms with Crippen molar-refractivity contribution in [2.75, 3.05) is 6.61 Å². The fourth-order valence-electron chi connectivity index (χ4n) is 2.72. The molecule has 3 rings (SSSR count). The van der Waals surface area contributed by atoms with Crippen molar-refractivity contribution in [1.29, 1.82) is 0 Å². The van der Waals surface area contributed by atoms with E-state index in [1.54, 1.807) is 36.4 Å². The predicted octanol–water partition coefficient (Wildman–Crippen LogP) is 4.44. The number of halogens is 1. The van der Waals surface area contributed by atoms with E-state index in [9.17, 15) is 14.4 Å². The molecule has 0 aliphatic carbocycles. The van der Waals surface area contributed by atoms with Crippen molar-refractivity contribution in [3.8, 4) is 5.75 Å². The van der Waals surface area contributed by atoms with Gasteiger partial charge in [0.1, 0.15) is 5.75 Å². The second kappa shape index (κ2) is 8.67. The van der Waals surface area contributed by atoms with E-state index in [1.165, 1.54) is 12.1 Å². The topological polar surface area (TPSA) is 76.2 Å². The number of carbonyl (C=O) groups excluding carboxylic acids is 2. The molecule has 0 amide bonds. The normalized spacial score (nSPS) is 11.1. The Hall–Kier alpha value is -3.18. The van der Waals surface area contributed by atoms with Crippen LogP contribution in [0.3, 0.4) is 0 Å². The van der Waals surface area contributed by atoms with Crippen LogP contribution < -0.4 is 10.3 Å². The minimum Gasteiger partial charge on any atom is -0.494 e. The molecule has 0 spiro atoms. The van der Waals surface area contributed by atoms with E-state index in [1.807, 2.05) is 19.1 Å². The summed E-state index contributed by atoms with van der Waals surface area (Å²) in [6.45, 7) is 2.48. The van der Waals surface area contributed by atoms with Crippen molar-refractivity contribution in [2.24, 2.45) is 0 Å². The van der Waals surface area contributed by atoms with Gasteiger partial charge in [-0.3, -0.25) is 14.4 Å². The number of pyridine rings is 1. The molecule has 0 atom stereocenters. The number of hydrogen-bond acceptors (Lipinski definition) is 4. The molecule has 0 fully saturated rings. The van der Waals surface area contributed by atoms with E-state index >= 15 is 0 Å². The summed E-state index contributed by atoms with van der Waals surface area (Å²) in [6, 6.07) is 13.7. The number of benzene rings is 2. The largest absolute Gasteiger partial charge is 0.494 e. The minimum absolute atomic E-state index is 0.0439. The SMILES string of the molecule is CCOc1ccc(C=CC(=O)CC(=O)c2cc3ccc(Cl)cc3[nH]c2=O)cc1. The fraction of sp³-hybridized carbons (Fsp3) is 0.136. The quantitative estimate of drug-likeness (QED) is 0.364. The molecule has 0 aliphatic rings.